The van der Waals surface area contributed by atoms with Gasteiger partial charge in [0.2, 0.25) is 0 Å². The summed E-state index contributed by atoms with van der Waals surface area (Å²) >= 11 is 5.99. The molecule has 0 N–H and O–H groups in total. The first-order chi connectivity index (χ1) is 11.2. The Morgan fingerprint density at radius 2 is 2.30 bits per heavy atom. The van der Waals surface area contributed by atoms with Gasteiger partial charge in [0, 0.05) is 31.4 Å². The molecule has 0 bridgehead atoms. The topological polar surface area (TPSA) is 46.8 Å². The maximum absolute atomic E-state index is 12.8. The summed E-state index contributed by atoms with van der Waals surface area (Å²) in [6.45, 7) is 4.50. The molecule has 2 saturated heterocycles. The summed E-state index contributed by atoms with van der Waals surface area (Å²) in [5.41, 5.74) is 1.22. The van der Waals surface area contributed by atoms with Gasteiger partial charge in [-0.05, 0) is 30.9 Å². The summed E-state index contributed by atoms with van der Waals surface area (Å²) in [6.07, 6.45) is 5.98. The van der Waals surface area contributed by atoms with Gasteiger partial charge >= 0.3 is 0 Å². The van der Waals surface area contributed by atoms with Gasteiger partial charge < -0.3 is 14.0 Å². The molecule has 0 spiro atoms. The van der Waals surface area contributed by atoms with Crippen molar-refractivity contribution in [3.8, 4) is 0 Å². The first-order valence-electron chi connectivity index (χ1n) is 8.21. The monoisotopic (exact) mass is 333 g/mol. The molecule has 0 aromatic carbocycles. The van der Waals surface area contributed by atoms with E-state index in [9.17, 15) is 4.79 Å². The highest BCUT2D eigenvalue weighted by Gasteiger charge is 2.41. The van der Waals surface area contributed by atoms with Crippen LogP contribution < -0.4 is 0 Å². The van der Waals surface area contributed by atoms with E-state index in [1.165, 1.54) is 0 Å². The third kappa shape index (κ3) is 2.62. The number of fused-ring (bicyclic) bond motifs is 2. The lowest BCUT2D eigenvalue weighted by Crippen LogP contribution is -2.44. The van der Waals surface area contributed by atoms with Gasteiger partial charge in [0.05, 0.1) is 17.7 Å². The number of pyridine rings is 1. The number of piperidine rings is 1. The Morgan fingerprint density at radius 1 is 1.43 bits per heavy atom. The SMILES string of the molecule is CC[C@@H]1OC[C@H]2CN(C(=O)c3cn4cc(Cl)ccc4n3)CC[C@H]21. The van der Waals surface area contributed by atoms with Crippen molar-refractivity contribution in [2.45, 2.75) is 25.9 Å². The van der Waals surface area contributed by atoms with Crippen LogP contribution in [0.4, 0.5) is 0 Å². The second-order valence-corrected chi connectivity index (χ2v) is 6.92. The summed E-state index contributed by atoms with van der Waals surface area (Å²) in [7, 11) is 0. The molecule has 2 aliphatic heterocycles. The third-order valence-electron chi connectivity index (χ3n) is 5.12. The highest BCUT2D eigenvalue weighted by Crippen LogP contribution is 2.36. The van der Waals surface area contributed by atoms with Gasteiger partial charge in [-0.2, -0.15) is 0 Å². The zero-order valence-corrected chi connectivity index (χ0v) is 13.9. The van der Waals surface area contributed by atoms with Crippen molar-refractivity contribution in [1.82, 2.24) is 14.3 Å². The van der Waals surface area contributed by atoms with Crippen LogP contribution in [-0.2, 0) is 4.74 Å². The minimum absolute atomic E-state index is 0.00298. The quantitative estimate of drug-likeness (QED) is 0.849. The molecule has 1 amide bonds. The van der Waals surface area contributed by atoms with Gasteiger partial charge in [-0.25, -0.2) is 4.98 Å². The van der Waals surface area contributed by atoms with Crippen molar-refractivity contribution in [3.05, 3.63) is 35.2 Å². The number of carbonyl (C=O) groups excluding carboxylic acids is 1. The van der Waals surface area contributed by atoms with Crippen LogP contribution in [0.15, 0.2) is 24.5 Å². The number of carbonyl (C=O) groups is 1. The molecule has 2 aliphatic rings. The summed E-state index contributed by atoms with van der Waals surface area (Å²) in [6, 6.07) is 3.60. The Balaban J connectivity index is 1.52. The third-order valence-corrected chi connectivity index (χ3v) is 5.34. The zero-order chi connectivity index (χ0) is 16.0. The maximum atomic E-state index is 12.8. The summed E-state index contributed by atoms with van der Waals surface area (Å²) in [5, 5.41) is 0.628. The number of ether oxygens (including phenoxy) is 1. The second-order valence-electron chi connectivity index (χ2n) is 6.48. The minimum Gasteiger partial charge on any atom is -0.378 e. The number of amides is 1. The molecule has 3 atom stereocenters. The molecule has 4 heterocycles. The van der Waals surface area contributed by atoms with Crippen LogP contribution in [0, 0.1) is 11.8 Å². The molecule has 5 nitrogen and oxygen atoms in total. The van der Waals surface area contributed by atoms with E-state index < -0.39 is 0 Å². The number of halogens is 1. The molecule has 0 saturated carbocycles. The van der Waals surface area contributed by atoms with E-state index in [1.54, 1.807) is 22.9 Å². The number of hydrogen-bond acceptors (Lipinski definition) is 3. The Bertz CT molecular complexity index is 745. The van der Waals surface area contributed by atoms with Crippen molar-refractivity contribution in [1.29, 1.82) is 0 Å². The van der Waals surface area contributed by atoms with E-state index in [0.29, 0.717) is 28.7 Å². The molecule has 122 valence electrons. The van der Waals surface area contributed by atoms with Crippen LogP contribution in [0.1, 0.15) is 30.3 Å². The van der Waals surface area contributed by atoms with Crippen LogP contribution >= 0.6 is 11.6 Å². The standard InChI is InChI=1S/C17H20ClN3O2/c1-2-15-13-5-6-20(7-11(13)10-23-15)17(22)14-9-21-8-12(18)3-4-16(21)19-14/h3-4,8-9,11,13,15H,2,5-7,10H2,1H3/t11-,13-,15+/m1/s1. The predicted octanol–water partition coefficient (Wildman–Crippen LogP) is 2.87. The largest absolute Gasteiger partial charge is 0.378 e. The van der Waals surface area contributed by atoms with Gasteiger partial charge in [-0.1, -0.05) is 18.5 Å². The van der Waals surface area contributed by atoms with Crippen molar-refractivity contribution in [2.24, 2.45) is 11.8 Å². The number of hydrogen-bond donors (Lipinski definition) is 0. The molecule has 0 radical (unpaired) electrons. The first kappa shape index (κ1) is 15.0. The zero-order valence-electron chi connectivity index (χ0n) is 13.1. The lowest BCUT2D eigenvalue weighted by atomic mass is 9.83. The normalized spacial score (nSPS) is 27.4. The number of nitrogens with zero attached hydrogens (tertiary/aromatic N) is 3. The molecule has 2 aromatic heterocycles. The van der Waals surface area contributed by atoms with Crippen LogP contribution in [0.5, 0.6) is 0 Å². The van der Waals surface area contributed by atoms with Gasteiger partial charge in [-0.15, -0.1) is 0 Å². The average molecular weight is 334 g/mol. The van der Waals surface area contributed by atoms with E-state index in [4.69, 9.17) is 16.3 Å². The van der Waals surface area contributed by atoms with E-state index >= 15 is 0 Å². The molecular weight excluding hydrogens is 314 g/mol. The van der Waals surface area contributed by atoms with Crippen molar-refractivity contribution >= 4 is 23.2 Å². The fourth-order valence-corrected chi connectivity index (χ4v) is 4.09. The van der Waals surface area contributed by atoms with Gasteiger partial charge in [-0.3, -0.25) is 4.79 Å². The van der Waals surface area contributed by atoms with E-state index in [1.807, 2.05) is 11.0 Å². The number of imidazole rings is 1. The Labute approximate surface area is 140 Å². The average Bonchev–Trinajstić information content (AvgIpc) is 3.16. The van der Waals surface area contributed by atoms with Crippen LogP contribution in [-0.4, -0.2) is 46.0 Å². The van der Waals surface area contributed by atoms with Crippen molar-refractivity contribution < 1.29 is 9.53 Å². The number of likely N-dealkylation sites (tertiary alicyclic amines) is 1. The Morgan fingerprint density at radius 3 is 3.13 bits per heavy atom. The smallest absolute Gasteiger partial charge is 0.274 e. The summed E-state index contributed by atoms with van der Waals surface area (Å²) in [4.78, 5) is 19.1. The molecule has 0 unspecified atom stereocenters. The van der Waals surface area contributed by atoms with E-state index in [0.717, 1.165) is 38.2 Å². The minimum atomic E-state index is 0.00298. The molecule has 2 fully saturated rings. The lowest BCUT2D eigenvalue weighted by Gasteiger charge is -2.35. The van der Waals surface area contributed by atoms with Crippen LogP contribution in [0.2, 0.25) is 5.02 Å². The summed E-state index contributed by atoms with van der Waals surface area (Å²) in [5.74, 6) is 1.07. The predicted molar refractivity (Wildman–Crippen MR) is 87.7 cm³/mol. The molecule has 6 heteroatoms. The molecule has 4 rings (SSSR count). The second kappa shape index (κ2) is 5.80. The Kier molecular flexibility index (Phi) is 3.77. The summed E-state index contributed by atoms with van der Waals surface area (Å²) < 4.78 is 7.67. The van der Waals surface area contributed by atoms with Crippen LogP contribution in [0.3, 0.4) is 0 Å². The van der Waals surface area contributed by atoms with Crippen molar-refractivity contribution in [3.63, 3.8) is 0 Å². The maximum Gasteiger partial charge on any atom is 0.274 e. The Hall–Kier alpha value is -1.59. The highest BCUT2D eigenvalue weighted by atomic mass is 35.5. The fraction of sp³-hybridized carbons (Fsp3) is 0.529. The number of rotatable bonds is 2. The van der Waals surface area contributed by atoms with E-state index in [2.05, 4.69) is 11.9 Å². The van der Waals surface area contributed by atoms with Gasteiger partial charge in [0.25, 0.3) is 5.91 Å². The highest BCUT2D eigenvalue weighted by molar-refractivity contribution is 6.30. The van der Waals surface area contributed by atoms with Crippen molar-refractivity contribution in [2.75, 3.05) is 19.7 Å². The molecule has 2 aromatic rings. The van der Waals surface area contributed by atoms with E-state index in [-0.39, 0.29) is 5.91 Å². The van der Waals surface area contributed by atoms with Crippen LogP contribution in [0.25, 0.3) is 5.65 Å². The molecular formula is C17H20ClN3O2. The first-order valence-corrected chi connectivity index (χ1v) is 8.58. The molecule has 0 aliphatic carbocycles. The fourth-order valence-electron chi connectivity index (χ4n) is 3.92. The molecule has 23 heavy (non-hydrogen) atoms. The van der Waals surface area contributed by atoms with Gasteiger partial charge in [0.15, 0.2) is 0 Å². The van der Waals surface area contributed by atoms with Gasteiger partial charge in [0.1, 0.15) is 11.3 Å². The lowest BCUT2D eigenvalue weighted by molar-refractivity contribution is 0.0603. The number of aromatic nitrogens is 2.